The first-order valence-electron chi connectivity index (χ1n) is 7.54. The van der Waals surface area contributed by atoms with Gasteiger partial charge in [0.25, 0.3) is 0 Å². The molecule has 0 N–H and O–H groups in total. The molecule has 2 fully saturated rings. The number of hydrogen-bond acceptors (Lipinski definition) is 2. The first-order chi connectivity index (χ1) is 8.65. The highest BCUT2D eigenvalue weighted by Crippen LogP contribution is 2.38. The number of carbonyl (C=O) groups is 1. The summed E-state index contributed by atoms with van der Waals surface area (Å²) in [6, 6.07) is 0. The van der Waals surface area contributed by atoms with Gasteiger partial charge in [0.05, 0.1) is 0 Å². The van der Waals surface area contributed by atoms with Gasteiger partial charge < -0.3 is 4.90 Å². The number of likely N-dealkylation sites (tertiary alicyclic amines) is 1. The van der Waals surface area contributed by atoms with Crippen LogP contribution in [0, 0.1) is 11.3 Å². The van der Waals surface area contributed by atoms with Crippen LogP contribution in [0.25, 0.3) is 0 Å². The molecule has 2 rings (SSSR count). The zero-order chi connectivity index (χ0) is 13.0. The average Bonchev–Trinajstić information content (AvgIpc) is 2.55. The summed E-state index contributed by atoms with van der Waals surface area (Å²) < 4.78 is 0. The molecule has 1 aliphatic heterocycles. The fourth-order valence-corrected chi connectivity index (χ4v) is 3.83. The van der Waals surface area contributed by atoms with Gasteiger partial charge in [-0.15, -0.1) is 0 Å². The highest BCUT2D eigenvalue weighted by molar-refractivity contribution is 7.80. The Morgan fingerprint density at radius 2 is 2.00 bits per heavy atom. The lowest BCUT2D eigenvalue weighted by atomic mass is 9.75. The molecule has 0 spiro atoms. The van der Waals surface area contributed by atoms with Crippen LogP contribution in [-0.2, 0) is 4.79 Å². The van der Waals surface area contributed by atoms with Crippen molar-refractivity contribution in [2.45, 2.75) is 58.3 Å². The Morgan fingerprint density at radius 1 is 1.28 bits per heavy atom. The summed E-state index contributed by atoms with van der Waals surface area (Å²) in [7, 11) is 0. The summed E-state index contributed by atoms with van der Waals surface area (Å²) in [6.45, 7) is 4.20. The maximum absolute atomic E-state index is 12.2. The lowest BCUT2D eigenvalue weighted by Crippen LogP contribution is -2.43. The van der Waals surface area contributed by atoms with Gasteiger partial charge in [-0.05, 0) is 42.8 Å². The Balaban J connectivity index is 1.99. The second-order valence-corrected chi connectivity index (χ2v) is 6.78. The van der Waals surface area contributed by atoms with E-state index < -0.39 is 0 Å². The number of nitrogens with zero attached hydrogens (tertiary/aromatic N) is 1. The number of carbonyl (C=O) groups excluding carboxylic acids is 1. The van der Waals surface area contributed by atoms with E-state index in [9.17, 15) is 4.79 Å². The Bertz CT molecular complexity index is 286. The summed E-state index contributed by atoms with van der Waals surface area (Å²) >= 11 is 4.59. The Labute approximate surface area is 117 Å². The van der Waals surface area contributed by atoms with E-state index in [1.807, 2.05) is 0 Å². The molecule has 0 radical (unpaired) electrons. The molecule has 1 aliphatic carbocycles. The molecule has 1 saturated carbocycles. The third-order valence-electron chi connectivity index (χ3n) is 4.87. The maximum atomic E-state index is 12.2. The third kappa shape index (κ3) is 3.43. The van der Waals surface area contributed by atoms with Crippen LogP contribution in [0.15, 0.2) is 0 Å². The van der Waals surface area contributed by atoms with E-state index >= 15 is 0 Å². The van der Waals surface area contributed by atoms with Gasteiger partial charge in [-0.3, -0.25) is 4.79 Å². The predicted octanol–water partition coefficient (Wildman–Crippen LogP) is 3.52. The van der Waals surface area contributed by atoms with Crippen molar-refractivity contribution in [2.75, 3.05) is 18.8 Å². The fourth-order valence-electron chi connectivity index (χ4n) is 3.41. The first kappa shape index (κ1) is 14.2. The van der Waals surface area contributed by atoms with Crippen molar-refractivity contribution in [1.82, 2.24) is 4.90 Å². The molecule has 2 aliphatic rings. The van der Waals surface area contributed by atoms with Gasteiger partial charge in [0, 0.05) is 19.5 Å². The maximum Gasteiger partial charge on any atom is 0.222 e. The normalized spacial score (nSPS) is 29.1. The van der Waals surface area contributed by atoms with Crippen LogP contribution >= 0.6 is 12.6 Å². The van der Waals surface area contributed by atoms with E-state index in [2.05, 4.69) is 24.5 Å². The van der Waals surface area contributed by atoms with E-state index in [-0.39, 0.29) is 0 Å². The molecule has 1 amide bonds. The largest absolute Gasteiger partial charge is 0.342 e. The van der Waals surface area contributed by atoms with Gasteiger partial charge in [0.2, 0.25) is 5.91 Å². The highest BCUT2D eigenvalue weighted by Gasteiger charge is 2.34. The molecule has 104 valence electrons. The SMILES string of the molecule is CC1CCC(=O)N(CC2(CS)CCCCC2)CC1. The van der Waals surface area contributed by atoms with E-state index in [4.69, 9.17) is 0 Å². The van der Waals surface area contributed by atoms with Crippen LogP contribution in [-0.4, -0.2) is 29.6 Å². The van der Waals surface area contributed by atoms with Crippen LogP contribution in [0.2, 0.25) is 0 Å². The van der Waals surface area contributed by atoms with Crippen LogP contribution in [0.3, 0.4) is 0 Å². The quantitative estimate of drug-likeness (QED) is 0.777. The molecule has 0 aromatic carbocycles. The number of amides is 1. The lowest BCUT2D eigenvalue weighted by Gasteiger charge is -2.40. The van der Waals surface area contributed by atoms with Crippen LogP contribution in [0.4, 0.5) is 0 Å². The summed E-state index contributed by atoms with van der Waals surface area (Å²) in [6.07, 6.45) is 9.52. The average molecular weight is 269 g/mol. The summed E-state index contributed by atoms with van der Waals surface area (Å²) in [5, 5.41) is 0. The minimum atomic E-state index is 0.310. The molecular formula is C15H27NOS. The van der Waals surface area contributed by atoms with E-state index in [0.717, 1.165) is 31.7 Å². The molecule has 1 heterocycles. The second kappa shape index (κ2) is 6.31. The fraction of sp³-hybridized carbons (Fsp3) is 0.933. The van der Waals surface area contributed by atoms with Gasteiger partial charge in [-0.25, -0.2) is 0 Å². The van der Waals surface area contributed by atoms with E-state index in [1.165, 1.54) is 38.5 Å². The summed E-state index contributed by atoms with van der Waals surface area (Å²) in [4.78, 5) is 14.3. The monoisotopic (exact) mass is 269 g/mol. The zero-order valence-electron chi connectivity index (χ0n) is 11.7. The molecular weight excluding hydrogens is 242 g/mol. The number of hydrogen-bond donors (Lipinski definition) is 1. The minimum absolute atomic E-state index is 0.310. The van der Waals surface area contributed by atoms with Crippen molar-refractivity contribution in [3.05, 3.63) is 0 Å². The molecule has 3 heteroatoms. The number of rotatable bonds is 3. The highest BCUT2D eigenvalue weighted by atomic mass is 32.1. The minimum Gasteiger partial charge on any atom is -0.342 e. The van der Waals surface area contributed by atoms with Crippen LogP contribution < -0.4 is 0 Å². The third-order valence-corrected chi connectivity index (χ3v) is 5.54. The lowest BCUT2D eigenvalue weighted by molar-refractivity contribution is -0.132. The predicted molar refractivity (Wildman–Crippen MR) is 79.0 cm³/mol. The van der Waals surface area contributed by atoms with E-state index in [1.54, 1.807) is 0 Å². The second-order valence-electron chi connectivity index (χ2n) is 6.47. The molecule has 0 bridgehead atoms. The van der Waals surface area contributed by atoms with Gasteiger partial charge >= 0.3 is 0 Å². The summed E-state index contributed by atoms with van der Waals surface area (Å²) in [5.74, 6) is 2.02. The Morgan fingerprint density at radius 3 is 2.67 bits per heavy atom. The van der Waals surface area contributed by atoms with Crippen molar-refractivity contribution in [3.63, 3.8) is 0 Å². The number of thiol groups is 1. The van der Waals surface area contributed by atoms with Crippen molar-refractivity contribution in [3.8, 4) is 0 Å². The molecule has 18 heavy (non-hydrogen) atoms. The van der Waals surface area contributed by atoms with Crippen molar-refractivity contribution < 1.29 is 4.79 Å². The van der Waals surface area contributed by atoms with E-state index in [0.29, 0.717) is 17.2 Å². The molecule has 1 unspecified atom stereocenters. The molecule has 2 nitrogen and oxygen atoms in total. The Hall–Kier alpha value is -0.180. The zero-order valence-corrected chi connectivity index (χ0v) is 12.6. The standard InChI is InChI=1S/C15H27NOS/c1-13-5-6-14(17)16(10-7-13)11-15(12-18)8-3-2-4-9-15/h13,18H,2-12H2,1H3. The first-order valence-corrected chi connectivity index (χ1v) is 8.17. The Kier molecular flexibility index (Phi) is 4.99. The summed E-state index contributed by atoms with van der Waals surface area (Å²) in [5.41, 5.74) is 0.310. The van der Waals surface area contributed by atoms with Crippen molar-refractivity contribution in [2.24, 2.45) is 11.3 Å². The molecule has 0 aromatic heterocycles. The van der Waals surface area contributed by atoms with Gasteiger partial charge in [-0.2, -0.15) is 12.6 Å². The van der Waals surface area contributed by atoms with Gasteiger partial charge in [0.15, 0.2) is 0 Å². The van der Waals surface area contributed by atoms with Crippen molar-refractivity contribution in [1.29, 1.82) is 0 Å². The molecule has 1 atom stereocenters. The molecule has 1 saturated heterocycles. The van der Waals surface area contributed by atoms with Gasteiger partial charge in [0.1, 0.15) is 0 Å². The van der Waals surface area contributed by atoms with Crippen LogP contribution in [0.1, 0.15) is 58.3 Å². The van der Waals surface area contributed by atoms with Crippen molar-refractivity contribution >= 4 is 18.5 Å². The van der Waals surface area contributed by atoms with Crippen LogP contribution in [0.5, 0.6) is 0 Å². The smallest absolute Gasteiger partial charge is 0.222 e. The molecule has 0 aromatic rings. The topological polar surface area (TPSA) is 20.3 Å². The van der Waals surface area contributed by atoms with Gasteiger partial charge in [-0.1, -0.05) is 26.2 Å².